The van der Waals surface area contributed by atoms with E-state index in [9.17, 15) is 13.5 Å². The van der Waals surface area contributed by atoms with Crippen LogP contribution in [0.25, 0.3) is 0 Å². The Bertz CT molecular complexity index is 493. The van der Waals surface area contributed by atoms with Crippen molar-refractivity contribution in [3.63, 3.8) is 0 Å². The van der Waals surface area contributed by atoms with Gasteiger partial charge in [0.2, 0.25) is 0 Å². The summed E-state index contributed by atoms with van der Waals surface area (Å²) in [6.45, 7) is 4.71. The zero-order valence-corrected chi connectivity index (χ0v) is 11.9. The van der Waals surface area contributed by atoms with Crippen molar-refractivity contribution in [2.45, 2.75) is 25.2 Å². The number of aliphatic hydroxyl groups excluding tert-OH is 1. The molecule has 0 radical (unpaired) electrons. The van der Waals surface area contributed by atoms with Crippen molar-refractivity contribution in [3.05, 3.63) is 24.3 Å². The Morgan fingerprint density at radius 2 is 2.06 bits per heavy atom. The quantitative estimate of drug-likeness (QED) is 0.829. The Morgan fingerprint density at radius 3 is 2.56 bits per heavy atom. The molecule has 0 aromatic heterocycles. The molecule has 4 nitrogen and oxygen atoms in total. The third-order valence-electron chi connectivity index (χ3n) is 3.22. The molecular formula is C13H21NO3S. The monoisotopic (exact) mass is 271 g/mol. The van der Waals surface area contributed by atoms with E-state index in [1.54, 1.807) is 18.2 Å². The molecule has 102 valence electrons. The number of hydrogen-bond acceptors (Lipinski definition) is 4. The highest BCUT2D eigenvalue weighted by Gasteiger charge is 2.20. The van der Waals surface area contributed by atoms with Crippen LogP contribution in [0.4, 0.5) is 5.69 Å². The Morgan fingerprint density at radius 1 is 1.39 bits per heavy atom. The van der Waals surface area contributed by atoms with E-state index in [0.29, 0.717) is 11.4 Å². The molecule has 1 aromatic carbocycles. The molecule has 1 aromatic rings. The third kappa shape index (κ3) is 3.99. The highest BCUT2D eigenvalue weighted by atomic mass is 32.2. The molecule has 1 unspecified atom stereocenters. The molecule has 0 amide bonds. The second-order valence-corrected chi connectivity index (χ2v) is 6.99. The average Bonchev–Trinajstić information content (AvgIpc) is 2.35. The van der Waals surface area contributed by atoms with Crippen molar-refractivity contribution in [2.75, 3.05) is 24.7 Å². The number of anilines is 1. The van der Waals surface area contributed by atoms with Crippen molar-refractivity contribution in [3.8, 4) is 0 Å². The molecule has 0 bridgehead atoms. The lowest BCUT2D eigenvalue weighted by molar-refractivity contribution is 0.149. The van der Waals surface area contributed by atoms with Crippen LogP contribution in [0.2, 0.25) is 0 Å². The van der Waals surface area contributed by atoms with E-state index in [-0.39, 0.29) is 12.0 Å². The van der Waals surface area contributed by atoms with Crippen molar-refractivity contribution in [1.29, 1.82) is 0 Å². The van der Waals surface area contributed by atoms with Gasteiger partial charge < -0.3 is 10.4 Å². The highest BCUT2D eigenvalue weighted by molar-refractivity contribution is 7.90. The molecule has 0 heterocycles. The van der Waals surface area contributed by atoms with E-state index < -0.39 is 9.84 Å². The van der Waals surface area contributed by atoms with Crippen LogP contribution in [0.5, 0.6) is 0 Å². The van der Waals surface area contributed by atoms with Gasteiger partial charge in [-0.3, -0.25) is 0 Å². The van der Waals surface area contributed by atoms with Gasteiger partial charge in [-0.15, -0.1) is 0 Å². The maximum Gasteiger partial charge on any atom is 0.175 e. The molecule has 0 spiro atoms. The van der Waals surface area contributed by atoms with E-state index in [1.807, 2.05) is 19.9 Å². The molecule has 0 aliphatic heterocycles. The molecule has 0 aliphatic carbocycles. The van der Waals surface area contributed by atoms with Gasteiger partial charge in [-0.1, -0.05) is 19.9 Å². The summed E-state index contributed by atoms with van der Waals surface area (Å²) in [5.41, 5.74) is 0.562. The predicted octanol–water partition coefficient (Wildman–Crippen LogP) is 1.91. The molecule has 2 N–H and O–H groups in total. The number of benzene rings is 1. The molecule has 0 fully saturated rings. The summed E-state index contributed by atoms with van der Waals surface area (Å²) < 4.78 is 22.9. The number of sulfone groups is 1. The highest BCUT2D eigenvalue weighted by Crippen LogP contribution is 2.22. The van der Waals surface area contributed by atoms with Gasteiger partial charge in [-0.05, 0) is 24.6 Å². The normalized spacial score (nSPS) is 15.1. The number of aliphatic hydroxyl groups is 1. The Kier molecular flexibility index (Phi) is 4.76. The Balaban J connectivity index is 2.81. The van der Waals surface area contributed by atoms with Crippen molar-refractivity contribution in [2.24, 2.45) is 5.41 Å². The number of rotatable bonds is 6. The fraction of sp³-hybridized carbons (Fsp3) is 0.538. The largest absolute Gasteiger partial charge is 0.396 e. The third-order valence-corrected chi connectivity index (χ3v) is 4.33. The minimum absolute atomic E-state index is 0.0995. The molecule has 1 rings (SSSR count). The second-order valence-electron chi connectivity index (χ2n) is 4.98. The smallest absolute Gasteiger partial charge is 0.175 e. The summed E-state index contributed by atoms with van der Waals surface area (Å²) in [7, 11) is -3.18. The fourth-order valence-electron chi connectivity index (χ4n) is 1.44. The van der Waals surface area contributed by atoms with Crippen LogP contribution in [0.15, 0.2) is 29.2 Å². The fourth-order valence-corrected chi connectivity index (χ4v) is 2.11. The topological polar surface area (TPSA) is 66.4 Å². The molecule has 0 saturated carbocycles. The summed E-state index contributed by atoms with van der Waals surface area (Å²) in [6, 6.07) is 6.72. The van der Waals surface area contributed by atoms with Gasteiger partial charge in [-0.2, -0.15) is 0 Å². The lowest BCUT2D eigenvalue weighted by Gasteiger charge is -2.26. The first-order valence-electron chi connectivity index (χ1n) is 5.95. The van der Waals surface area contributed by atoms with E-state index >= 15 is 0 Å². The predicted molar refractivity (Wildman–Crippen MR) is 73.5 cm³/mol. The lowest BCUT2D eigenvalue weighted by atomic mass is 9.88. The number of hydrogen-bond donors (Lipinski definition) is 2. The van der Waals surface area contributed by atoms with Crippen molar-refractivity contribution in [1.82, 2.24) is 0 Å². The van der Waals surface area contributed by atoms with Crippen molar-refractivity contribution >= 4 is 15.5 Å². The zero-order chi connectivity index (χ0) is 13.8. The minimum Gasteiger partial charge on any atom is -0.396 e. The summed E-state index contributed by atoms with van der Waals surface area (Å²) in [5, 5.41) is 12.5. The molecule has 0 saturated heterocycles. The molecule has 1 atom stereocenters. The maximum absolute atomic E-state index is 11.4. The van der Waals surface area contributed by atoms with Crippen LogP contribution in [0.3, 0.4) is 0 Å². The summed E-state index contributed by atoms with van der Waals surface area (Å²) >= 11 is 0. The summed E-state index contributed by atoms with van der Waals surface area (Å²) in [5.74, 6) is 0. The molecule has 0 aliphatic rings. The van der Waals surface area contributed by atoms with E-state index in [0.717, 1.165) is 12.1 Å². The van der Waals surface area contributed by atoms with Gasteiger partial charge >= 0.3 is 0 Å². The van der Waals surface area contributed by atoms with E-state index in [1.165, 1.54) is 6.26 Å². The standard InChI is InChI=1S/C13H21NO3S/c1-4-13(2,10-15)9-14-11-6-5-7-12(8-11)18(3,16)17/h5-8,14-15H,4,9-10H2,1-3H3. The Labute approximate surface area is 109 Å². The molecule has 18 heavy (non-hydrogen) atoms. The minimum atomic E-state index is -3.18. The first-order valence-corrected chi connectivity index (χ1v) is 7.85. The van der Waals surface area contributed by atoms with Crippen LogP contribution in [-0.2, 0) is 9.84 Å². The van der Waals surface area contributed by atoms with Gasteiger partial charge in [0.05, 0.1) is 11.5 Å². The van der Waals surface area contributed by atoms with E-state index in [4.69, 9.17) is 0 Å². The Hall–Kier alpha value is -1.07. The van der Waals surface area contributed by atoms with Crippen LogP contribution in [-0.4, -0.2) is 32.9 Å². The summed E-state index contributed by atoms with van der Waals surface area (Å²) in [6.07, 6.45) is 2.04. The van der Waals surface area contributed by atoms with Gasteiger partial charge in [0.1, 0.15) is 0 Å². The number of nitrogens with one attached hydrogen (secondary N) is 1. The van der Waals surface area contributed by atoms with Gasteiger partial charge in [0.15, 0.2) is 9.84 Å². The SMILES string of the molecule is CCC(C)(CO)CNc1cccc(S(C)(=O)=O)c1. The first kappa shape index (κ1) is 15.0. The van der Waals surface area contributed by atoms with Gasteiger partial charge in [-0.25, -0.2) is 8.42 Å². The van der Waals surface area contributed by atoms with Gasteiger partial charge in [0, 0.05) is 23.9 Å². The molecular weight excluding hydrogens is 250 g/mol. The second kappa shape index (κ2) is 5.71. The maximum atomic E-state index is 11.4. The van der Waals surface area contributed by atoms with Crippen LogP contribution < -0.4 is 5.32 Å². The van der Waals surface area contributed by atoms with E-state index in [2.05, 4.69) is 5.32 Å². The molecule has 5 heteroatoms. The van der Waals surface area contributed by atoms with Gasteiger partial charge in [0.25, 0.3) is 0 Å². The van der Waals surface area contributed by atoms with Crippen LogP contribution in [0.1, 0.15) is 20.3 Å². The van der Waals surface area contributed by atoms with Crippen LogP contribution >= 0.6 is 0 Å². The van der Waals surface area contributed by atoms with Crippen molar-refractivity contribution < 1.29 is 13.5 Å². The summed E-state index contributed by atoms with van der Waals surface area (Å²) in [4.78, 5) is 0.301. The zero-order valence-electron chi connectivity index (χ0n) is 11.1. The average molecular weight is 271 g/mol. The lowest BCUT2D eigenvalue weighted by Crippen LogP contribution is -2.29. The van der Waals surface area contributed by atoms with Crippen LogP contribution in [0, 0.1) is 5.41 Å². The first-order chi connectivity index (χ1) is 8.30.